The minimum Gasteiger partial charge on any atom is -0.356 e. The Hall–Kier alpha value is -0.520. The van der Waals surface area contributed by atoms with E-state index in [1.807, 2.05) is 18.2 Å². The van der Waals surface area contributed by atoms with E-state index in [0.29, 0.717) is 5.92 Å². The zero-order chi connectivity index (χ0) is 17.6. The molecule has 1 aromatic carbocycles. The van der Waals surface area contributed by atoms with Crippen LogP contribution in [-0.2, 0) is 11.3 Å². The first-order valence-corrected chi connectivity index (χ1v) is 9.98. The smallest absolute Gasteiger partial charge is 0.223 e. The molecule has 2 unspecified atom stereocenters. The molecule has 2 fully saturated rings. The Kier molecular flexibility index (Phi) is 11.0. The Bertz CT molecular complexity index is 579. The molecule has 0 radical (unpaired) electrons. The van der Waals surface area contributed by atoms with Crippen molar-refractivity contribution in [3.63, 3.8) is 0 Å². The van der Waals surface area contributed by atoms with E-state index < -0.39 is 0 Å². The molecule has 2 atom stereocenters. The summed E-state index contributed by atoms with van der Waals surface area (Å²) < 4.78 is 0. The summed E-state index contributed by atoms with van der Waals surface area (Å²) in [6, 6.07) is 8.28. The van der Waals surface area contributed by atoms with Crippen molar-refractivity contribution in [2.45, 2.75) is 51.1 Å². The van der Waals surface area contributed by atoms with Crippen LogP contribution in [0.5, 0.6) is 0 Å². The summed E-state index contributed by atoms with van der Waals surface area (Å²) >= 11 is 6.26. The van der Waals surface area contributed by atoms with Gasteiger partial charge in [0.2, 0.25) is 5.91 Å². The third-order valence-electron chi connectivity index (χ3n) is 5.71. The second-order valence-corrected chi connectivity index (χ2v) is 8.09. The Morgan fingerprint density at radius 3 is 2.52 bits per heavy atom. The van der Waals surface area contributed by atoms with Gasteiger partial charge in [0.05, 0.1) is 0 Å². The summed E-state index contributed by atoms with van der Waals surface area (Å²) in [5, 5.41) is 4.03. The molecule has 2 aliphatic rings. The monoisotopic (exact) mass is 435 g/mol. The van der Waals surface area contributed by atoms with Gasteiger partial charge in [0.1, 0.15) is 0 Å². The quantitative estimate of drug-likeness (QED) is 0.732. The molecule has 1 amide bonds. The van der Waals surface area contributed by atoms with E-state index in [-0.39, 0.29) is 42.7 Å². The number of amides is 1. The molecule has 0 bridgehead atoms. The summed E-state index contributed by atoms with van der Waals surface area (Å²) in [5.74, 6) is 0.932. The van der Waals surface area contributed by atoms with Crippen molar-refractivity contribution in [3.05, 3.63) is 34.9 Å². The van der Waals surface area contributed by atoms with Crippen molar-refractivity contribution in [1.29, 1.82) is 0 Å². The SMILES string of the molecule is Cl.Cl.NC1CCCC(C(=O)NCC2CCN(Cc3ccccc3Cl)CC2)C1. The molecule has 1 aromatic rings. The maximum Gasteiger partial charge on any atom is 0.223 e. The third-order valence-corrected chi connectivity index (χ3v) is 6.08. The molecule has 1 heterocycles. The molecular formula is C20H32Cl3N3O. The fourth-order valence-electron chi connectivity index (χ4n) is 4.07. The third kappa shape index (κ3) is 7.43. The summed E-state index contributed by atoms with van der Waals surface area (Å²) in [7, 11) is 0. The van der Waals surface area contributed by atoms with Gasteiger partial charge in [-0.2, -0.15) is 0 Å². The first kappa shape index (κ1) is 24.5. The molecule has 1 aliphatic carbocycles. The van der Waals surface area contributed by atoms with Crippen molar-refractivity contribution in [2.75, 3.05) is 19.6 Å². The molecule has 0 spiro atoms. The predicted molar refractivity (Wildman–Crippen MR) is 117 cm³/mol. The minimum absolute atomic E-state index is 0. The molecule has 154 valence electrons. The average molecular weight is 437 g/mol. The van der Waals surface area contributed by atoms with E-state index in [4.69, 9.17) is 17.3 Å². The maximum absolute atomic E-state index is 12.3. The number of nitrogens with two attached hydrogens (primary N) is 1. The van der Waals surface area contributed by atoms with Crippen LogP contribution in [0.4, 0.5) is 0 Å². The summed E-state index contributed by atoms with van der Waals surface area (Å²) in [6.45, 7) is 3.86. The van der Waals surface area contributed by atoms with E-state index >= 15 is 0 Å². The highest BCUT2D eigenvalue weighted by Gasteiger charge is 2.26. The molecule has 7 heteroatoms. The van der Waals surface area contributed by atoms with Crippen molar-refractivity contribution in [1.82, 2.24) is 10.2 Å². The zero-order valence-corrected chi connectivity index (χ0v) is 18.1. The number of carbonyl (C=O) groups excluding carboxylic acids is 1. The number of benzene rings is 1. The molecule has 0 aromatic heterocycles. The average Bonchev–Trinajstić information content (AvgIpc) is 2.63. The zero-order valence-electron chi connectivity index (χ0n) is 15.7. The Labute approximate surface area is 180 Å². The molecular weight excluding hydrogens is 405 g/mol. The lowest BCUT2D eigenvalue weighted by molar-refractivity contribution is -0.126. The van der Waals surface area contributed by atoms with Crippen LogP contribution < -0.4 is 11.1 Å². The van der Waals surface area contributed by atoms with Crippen LogP contribution in [0.2, 0.25) is 5.02 Å². The first-order valence-electron chi connectivity index (χ1n) is 9.61. The molecule has 4 nitrogen and oxygen atoms in total. The molecule has 3 rings (SSSR count). The van der Waals surface area contributed by atoms with Crippen LogP contribution in [0.3, 0.4) is 0 Å². The number of carbonyl (C=O) groups is 1. The van der Waals surface area contributed by atoms with E-state index in [0.717, 1.165) is 69.7 Å². The lowest BCUT2D eigenvalue weighted by Gasteiger charge is -2.33. The fraction of sp³-hybridized carbons (Fsp3) is 0.650. The van der Waals surface area contributed by atoms with Crippen molar-refractivity contribution in [3.8, 4) is 0 Å². The van der Waals surface area contributed by atoms with Crippen LogP contribution in [0.1, 0.15) is 44.1 Å². The van der Waals surface area contributed by atoms with Crippen LogP contribution in [0, 0.1) is 11.8 Å². The summed E-state index contributed by atoms with van der Waals surface area (Å²) in [6.07, 6.45) is 6.26. The highest BCUT2D eigenvalue weighted by Crippen LogP contribution is 2.24. The lowest BCUT2D eigenvalue weighted by Crippen LogP contribution is -2.42. The molecule has 3 N–H and O–H groups in total. The largest absolute Gasteiger partial charge is 0.356 e. The number of halogens is 3. The van der Waals surface area contributed by atoms with Crippen LogP contribution >= 0.6 is 36.4 Å². The normalized spacial score (nSPS) is 23.8. The van der Waals surface area contributed by atoms with Crippen molar-refractivity contribution in [2.24, 2.45) is 17.6 Å². The minimum atomic E-state index is 0. The van der Waals surface area contributed by atoms with E-state index in [1.54, 1.807) is 0 Å². The molecule has 27 heavy (non-hydrogen) atoms. The maximum atomic E-state index is 12.3. The number of piperidine rings is 1. The number of likely N-dealkylation sites (tertiary alicyclic amines) is 1. The van der Waals surface area contributed by atoms with Gasteiger partial charge in [-0.1, -0.05) is 36.2 Å². The summed E-state index contributed by atoms with van der Waals surface area (Å²) in [4.78, 5) is 14.8. The summed E-state index contributed by atoms with van der Waals surface area (Å²) in [5.41, 5.74) is 7.19. The topological polar surface area (TPSA) is 58.4 Å². The van der Waals surface area contributed by atoms with Crippen molar-refractivity contribution >= 4 is 42.3 Å². The number of rotatable bonds is 5. The fourth-order valence-corrected chi connectivity index (χ4v) is 4.27. The second kappa shape index (κ2) is 12.1. The van der Waals surface area contributed by atoms with E-state index in [9.17, 15) is 4.79 Å². The van der Waals surface area contributed by atoms with Gasteiger partial charge in [0, 0.05) is 30.1 Å². The van der Waals surface area contributed by atoms with Gasteiger partial charge >= 0.3 is 0 Å². The van der Waals surface area contributed by atoms with Gasteiger partial charge in [-0.25, -0.2) is 0 Å². The molecule has 1 saturated carbocycles. The van der Waals surface area contributed by atoms with Gasteiger partial charge in [-0.3, -0.25) is 9.69 Å². The number of hydrogen-bond donors (Lipinski definition) is 2. The second-order valence-electron chi connectivity index (χ2n) is 7.68. The van der Waals surface area contributed by atoms with E-state index in [1.165, 1.54) is 5.56 Å². The lowest BCUT2D eigenvalue weighted by atomic mass is 9.85. The van der Waals surface area contributed by atoms with E-state index in [2.05, 4.69) is 16.3 Å². The number of nitrogens with one attached hydrogen (secondary N) is 1. The van der Waals surface area contributed by atoms with Gasteiger partial charge in [-0.15, -0.1) is 24.8 Å². The highest BCUT2D eigenvalue weighted by atomic mass is 35.5. The predicted octanol–water partition coefficient (Wildman–Crippen LogP) is 4.03. The number of hydrogen-bond acceptors (Lipinski definition) is 3. The van der Waals surface area contributed by atoms with Gasteiger partial charge in [0.15, 0.2) is 0 Å². The Balaban J connectivity index is 0.00000182. The van der Waals surface area contributed by atoms with Gasteiger partial charge in [-0.05, 0) is 62.7 Å². The molecule has 1 aliphatic heterocycles. The van der Waals surface area contributed by atoms with Crippen LogP contribution in [-0.4, -0.2) is 36.5 Å². The highest BCUT2D eigenvalue weighted by molar-refractivity contribution is 6.31. The number of nitrogens with zero attached hydrogens (tertiary/aromatic N) is 1. The molecule has 1 saturated heterocycles. The van der Waals surface area contributed by atoms with Crippen molar-refractivity contribution < 1.29 is 4.79 Å². The van der Waals surface area contributed by atoms with Crippen LogP contribution in [0.15, 0.2) is 24.3 Å². The standard InChI is InChI=1S/C20H30ClN3O.2ClH/c21-19-7-2-1-4-17(19)14-24-10-8-15(9-11-24)13-23-20(25)16-5-3-6-18(22)12-16;;/h1-2,4,7,15-16,18H,3,5-6,8-14,22H2,(H,23,25);2*1H. The Morgan fingerprint density at radius 2 is 1.85 bits per heavy atom. The van der Waals surface area contributed by atoms with Gasteiger partial charge < -0.3 is 11.1 Å². The van der Waals surface area contributed by atoms with Crippen LogP contribution in [0.25, 0.3) is 0 Å². The first-order chi connectivity index (χ1) is 12.1. The van der Waals surface area contributed by atoms with Gasteiger partial charge in [0.25, 0.3) is 0 Å². The Morgan fingerprint density at radius 1 is 1.15 bits per heavy atom.